The van der Waals surface area contributed by atoms with Crippen LogP contribution in [-0.2, 0) is 10.0 Å². The molecule has 0 aliphatic rings. The second kappa shape index (κ2) is 8.56. The van der Waals surface area contributed by atoms with E-state index in [1.165, 1.54) is 12.2 Å². The van der Waals surface area contributed by atoms with Crippen molar-refractivity contribution in [1.82, 2.24) is 4.72 Å². The van der Waals surface area contributed by atoms with Crippen molar-refractivity contribution in [2.24, 2.45) is 0 Å². The summed E-state index contributed by atoms with van der Waals surface area (Å²) >= 11 is 1.83. The molecule has 0 saturated carbocycles. The number of sulfonamides is 1. The number of hydrogen-bond acceptors (Lipinski definition) is 3. The van der Waals surface area contributed by atoms with Gasteiger partial charge in [0.05, 0.1) is 5.75 Å². The maximum absolute atomic E-state index is 11.2. The largest absolute Gasteiger partial charge is 0.215 e. The van der Waals surface area contributed by atoms with Crippen LogP contribution in [0, 0.1) is 0 Å². The molecule has 0 aliphatic heterocycles. The van der Waals surface area contributed by atoms with Crippen molar-refractivity contribution in [3.05, 3.63) is 0 Å². The van der Waals surface area contributed by atoms with Gasteiger partial charge in [-0.15, -0.1) is 0 Å². The third kappa shape index (κ3) is 8.84. The van der Waals surface area contributed by atoms with E-state index in [0.717, 1.165) is 12.8 Å². The number of nitrogens with one attached hydrogen (secondary N) is 1. The molecule has 0 fully saturated rings. The molecule has 0 spiro atoms. The summed E-state index contributed by atoms with van der Waals surface area (Å²) in [7, 11) is -2.98. The highest BCUT2D eigenvalue weighted by molar-refractivity contribution is 7.98. The van der Waals surface area contributed by atoms with Crippen molar-refractivity contribution in [3.63, 3.8) is 0 Å². The molecule has 0 aromatic carbocycles. The third-order valence-electron chi connectivity index (χ3n) is 1.82. The van der Waals surface area contributed by atoms with Crippen LogP contribution in [0.2, 0.25) is 0 Å². The molecule has 0 atom stereocenters. The minimum absolute atomic E-state index is 0.248. The smallest absolute Gasteiger partial charge is 0.211 e. The second-order valence-corrected chi connectivity index (χ2v) is 6.18. The summed E-state index contributed by atoms with van der Waals surface area (Å²) in [5.74, 6) is 1.42. The Morgan fingerprint density at radius 3 is 2.50 bits per heavy atom. The van der Waals surface area contributed by atoms with E-state index in [1.807, 2.05) is 18.7 Å². The summed E-state index contributed by atoms with van der Waals surface area (Å²) in [5, 5.41) is 0. The van der Waals surface area contributed by atoms with Gasteiger partial charge in [0.25, 0.3) is 0 Å². The Morgan fingerprint density at radius 2 is 1.93 bits per heavy atom. The van der Waals surface area contributed by atoms with Crippen molar-refractivity contribution < 1.29 is 8.42 Å². The quantitative estimate of drug-likeness (QED) is 0.625. The molecule has 0 amide bonds. The van der Waals surface area contributed by atoms with Gasteiger partial charge < -0.3 is 0 Å². The highest BCUT2D eigenvalue weighted by Gasteiger charge is 2.06. The van der Waals surface area contributed by atoms with Crippen LogP contribution in [0.3, 0.4) is 0 Å². The van der Waals surface area contributed by atoms with Gasteiger partial charge in [0, 0.05) is 6.54 Å². The van der Waals surface area contributed by atoms with E-state index in [2.05, 4.69) is 11.0 Å². The predicted molar refractivity (Wildman–Crippen MR) is 64.3 cm³/mol. The summed E-state index contributed by atoms with van der Waals surface area (Å²) in [6, 6.07) is 0. The van der Waals surface area contributed by atoms with Gasteiger partial charge in [-0.25, -0.2) is 13.1 Å². The van der Waals surface area contributed by atoms with Crippen LogP contribution in [0.25, 0.3) is 0 Å². The summed E-state index contributed by atoms with van der Waals surface area (Å²) in [6.45, 7) is 2.47. The number of unbranched alkanes of at least 4 members (excludes halogenated alkanes) is 2. The van der Waals surface area contributed by atoms with Crippen LogP contribution < -0.4 is 4.72 Å². The van der Waals surface area contributed by atoms with Gasteiger partial charge in [-0.3, -0.25) is 0 Å². The van der Waals surface area contributed by atoms with Crippen LogP contribution in [-0.4, -0.2) is 32.7 Å². The summed E-state index contributed by atoms with van der Waals surface area (Å²) in [6.07, 6.45) is 6.00. The Morgan fingerprint density at radius 1 is 1.21 bits per heavy atom. The molecule has 0 heterocycles. The molecule has 86 valence electrons. The first-order chi connectivity index (χ1) is 6.62. The maximum Gasteiger partial charge on any atom is 0.211 e. The zero-order chi connectivity index (χ0) is 10.9. The standard InChI is InChI=1S/C9H21NO2S2/c1-3-9-14(11,12)10-7-5-4-6-8-13-2/h10H,3-9H2,1-2H3. The van der Waals surface area contributed by atoms with Crippen molar-refractivity contribution in [3.8, 4) is 0 Å². The lowest BCUT2D eigenvalue weighted by molar-refractivity contribution is 0.575. The Kier molecular flexibility index (Phi) is 8.72. The van der Waals surface area contributed by atoms with Crippen LogP contribution in [0.1, 0.15) is 32.6 Å². The van der Waals surface area contributed by atoms with Crippen molar-refractivity contribution in [2.75, 3.05) is 24.3 Å². The number of rotatable bonds is 9. The van der Waals surface area contributed by atoms with Crippen molar-refractivity contribution in [2.45, 2.75) is 32.6 Å². The molecule has 3 nitrogen and oxygen atoms in total. The Balaban J connectivity index is 3.35. The highest BCUT2D eigenvalue weighted by atomic mass is 32.2. The normalized spacial score (nSPS) is 11.9. The highest BCUT2D eigenvalue weighted by Crippen LogP contribution is 2.01. The van der Waals surface area contributed by atoms with Crippen LogP contribution in [0.4, 0.5) is 0 Å². The second-order valence-electron chi connectivity index (χ2n) is 3.27. The van der Waals surface area contributed by atoms with Gasteiger partial charge in [0.1, 0.15) is 0 Å². The molecular formula is C9H21NO2S2. The Hall–Kier alpha value is 0.260. The Labute approximate surface area is 92.1 Å². The fourth-order valence-corrected chi connectivity index (χ4v) is 2.75. The molecule has 0 radical (unpaired) electrons. The average molecular weight is 239 g/mol. The maximum atomic E-state index is 11.2. The summed E-state index contributed by atoms with van der Waals surface area (Å²) in [4.78, 5) is 0. The van der Waals surface area contributed by atoms with Gasteiger partial charge in [0.15, 0.2) is 0 Å². The third-order valence-corrected chi connectivity index (χ3v) is 4.11. The summed E-state index contributed by atoms with van der Waals surface area (Å²) in [5.41, 5.74) is 0. The Bertz CT molecular complexity index is 215. The average Bonchev–Trinajstić information content (AvgIpc) is 2.11. The minimum Gasteiger partial charge on any atom is -0.215 e. The fraction of sp³-hybridized carbons (Fsp3) is 1.00. The topological polar surface area (TPSA) is 46.2 Å². The van der Waals surface area contributed by atoms with E-state index < -0.39 is 10.0 Å². The molecule has 0 aromatic heterocycles. The van der Waals surface area contributed by atoms with E-state index in [0.29, 0.717) is 13.0 Å². The molecule has 0 bridgehead atoms. The minimum atomic E-state index is -2.98. The van der Waals surface area contributed by atoms with Gasteiger partial charge in [0.2, 0.25) is 10.0 Å². The van der Waals surface area contributed by atoms with E-state index in [9.17, 15) is 8.42 Å². The fourth-order valence-electron chi connectivity index (χ4n) is 1.12. The molecular weight excluding hydrogens is 218 g/mol. The predicted octanol–water partition coefficient (Wildman–Crippen LogP) is 1.85. The lowest BCUT2D eigenvalue weighted by atomic mass is 10.2. The lowest BCUT2D eigenvalue weighted by Gasteiger charge is -2.04. The molecule has 14 heavy (non-hydrogen) atoms. The van der Waals surface area contributed by atoms with Crippen LogP contribution in [0.15, 0.2) is 0 Å². The first kappa shape index (κ1) is 14.3. The van der Waals surface area contributed by atoms with Gasteiger partial charge in [-0.1, -0.05) is 13.3 Å². The van der Waals surface area contributed by atoms with E-state index in [1.54, 1.807) is 0 Å². The van der Waals surface area contributed by atoms with E-state index in [-0.39, 0.29) is 5.75 Å². The zero-order valence-corrected chi connectivity index (χ0v) is 10.7. The van der Waals surface area contributed by atoms with Gasteiger partial charge in [-0.2, -0.15) is 11.8 Å². The molecule has 0 aromatic rings. The number of thioether (sulfide) groups is 1. The van der Waals surface area contributed by atoms with Crippen molar-refractivity contribution in [1.29, 1.82) is 0 Å². The monoisotopic (exact) mass is 239 g/mol. The number of hydrogen-bond donors (Lipinski definition) is 1. The molecule has 0 unspecified atom stereocenters. The van der Waals surface area contributed by atoms with Crippen LogP contribution >= 0.6 is 11.8 Å². The molecule has 0 aliphatic carbocycles. The van der Waals surface area contributed by atoms with Crippen molar-refractivity contribution >= 4 is 21.8 Å². The van der Waals surface area contributed by atoms with E-state index >= 15 is 0 Å². The van der Waals surface area contributed by atoms with Crippen LogP contribution in [0.5, 0.6) is 0 Å². The molecule has 0 rings (SSSR count). The first-order valence-corrected chi connectivity index (χ1v) is 8.13. The molecule has 1 N–H and O–H groups in total. The lowest BCUT2D eigenvalue weighted by Crippen LogP contribution is -2.27. The van der Waals surface area contributed by atoms with Gasteiger partial charge >= 0.3 is 0 Å². The summed E-state index contributed by atoms with van der Waals surface area (Å²) < 4.78 is 25.0. The SMILES string of the molecule is CCCS(=O)(=O)NCCCCCSC. The zero-order valence-electron chi connectivity index (χ0n) is 9.08. The van der Waals surface area contributed by atoms with Gasteiger partial charge in [-0.05, 0) is 31.3 Å². The molecule has 5 heteroatoms. The van der Waals surface area contributed by atoms with E-state index in [4.69, 9.17) is 0 Å². The molecule has 0 saturated heterocycles. The first-order valence-electron chi connectivity index (χ1n) is 5.08.